The first-order valence-electron chi connectivity index (χ1n) is 5.09. The third kappa shape index (κ3) is 4.10. The van der Waals surface area contributed by atoms with Crippen molar-refractivity contribution in [2.75, 3.05) is 12.4 Å². The van der Waals surface area contributed by atoms with Gasteiger partial charge in [-0.1, -0.05) is 13.0 Å². The first-order chi connectivity index (χ1) is 7.63. The predicted molar refractivity (Wildman–Crippen MR) is 62.9 cm³/mol. The molecule has 0 radical (unpaired) electrons. The van der Waals surface area contributed by atoms with E-state index in [4.69, 9.17) is 9.84 Å². The number of thioether (sulfide) groups is 1. The van der Waals surface area contributed by atoms with E-state index in [2.05, 4.69) is 4.98 Å². The Morgan fingerprint density at radius 1 is 1.62 bits per heavy atom. The van der Waals surface area contributed by atoms with E-state index in [1.807, 2.05) is 19.1 Å². The minimum Gasteiger partial charge on any atom is -0.481 e. The first-order valence-corrected chi connectivity index (χ1v) is 6.07. The second kappa shape index (κ2) is 6.37. The average molecular weight is 241 g/mol. The van der Waals surface area contributed by atoms with Crippen LogP contribution in [0.3, 0.4) is 0 Å². The van der Waals surface area contributed by atoms with E-state index in [-0.39, 0.29) is 5.92 Å². The molecule has 0 aromatic carbocycles. The van der Waals surface area contributed by atoms with E-state index in [9.17, 15) is 4.79 Å². The van der Waals surface area contributed by atoms with Crippen LogP contribution in [0.25, 0.3) is 0 Å². The normalized spacial score (nSPS) is 12.1. The lowest BCUT2D eigenvalue weighted by atomic mass is 10.2. The number of rotatable bonds is 6. The lowest BCUT2D eigenvalue weighted by Gasteiger charge is -2.06. The summed E-state index contributed by atoms with van der Waals surface area (Å²) < 4.78 is 5.26. The van der Waals surface area contributed by atoms with Crippen LogP contribution in [0, 0.1) is 5.92 Å². The molecule has 1 heterocycles. The zero-order valence-electron chi connectivity index (χ0n) is 9.34. The van der Waals surface area contributed by atoms with Gasteiger partial charge in [0, 0.05) is 11.8 Å². The molecule has 0 amide bonds. The Morgan fingerprint density at radius 3 is 3.00 bits per heavy atom. The summed E-state index contributed by atoms with van der Waals surface area (Å²) in [5, 5.41) is 9.53. The highest BCUT2D eigenvalue weighted by Gasteiger charge is 2.11. The third-order valence-electron chi connectivity index (χ3n) is 1.89. The van der Waals surface area contributed by atoms with Crippen molar-refractivity contribution in [3.05, 3.63) is 18.2 Å². The first kappa shape index (κ1) is 12.8. The van der Waals surface area contributed by atoms with Gasteiger partial charge in [-0.3, -0.25) is 4.79 Å². The molecule has 0 spiro atoms. The SMILES string of the molecule is CCOc1cccc(SCC(C)C(=O)O)n1. The lowest BCUT2D eigenvalue weighted by molar-refractivity contribution is -0.140. The smallest absolute Gasteiger partial charge is 0.307 e. The van der Waals surface area contributed by atoms with Gasteiger partial charge in [-0.25, -0.2) is 4.98 Å². The fourth-order valence-corrected chi connectivity index (χ4v) is 1.88. The fourth-order valence-electron chi connectivity index (χ4n) is 0.986. The Kier molecular flexibility index (Phi) is 5.11. The Labute approximate surface area is 99.0 Å². The molecule has 1 atom stereocenters. The summed E-state index contributed by atoms with van der Waals surface area (Å²) in [6.07, 6.45) is 0. The van der Waals surface area contributed by atoms with Gasteiger partial charge in [-0.15, -0.1) is 11.8 Å². The van der Waals surface area contributed by atoms with Crippen molar-refractivity contribution in [3.63, 3.8) is 0 Å². The van der Waals surface area contributed by atoms with Crippen LogP contribution >= 0.6 is 11.8 Å². The van der Waals surface area contributed by atoms with Crippen molar-refractivity contribution in [1.82, 2.24) is 4.98 Å². The Hall–Kier alpha value is -1.23. The molecular formula is C11H15NO3S. The van der Waals surface area contributed by atoms with Gasteiger partial charge in [-0.05, 0) is 13.0 Å². The van der Waals surface area contributed by atoms with Crippen LogP contribution < -0.4 is 4.74 Å². The molecule has 0 saturated carbocycles. The molecule has 0 fully saturated rings. The summed E-state index contributed by atoms with van der Waals surface area (Å²) in [5.74, 6) is -0.0655. The molecule has 5 heteroatoms. The largest absolute Gasteiger partial charge is 0.481 e. The van der Waals surface area contributed by atoms with Crippen molar-refractivity contribution in [2.45, 2.75) is 18.9 Å². The van der Waals surface area contributed by atoms with Gasteiger partial charge >= 0.3 is 5.97 Å². The number of nitrogens with zero attached hydrogens (tertiary/aromatic N) is 1. The Bertz CT molecular complexity index is 357. The molecule has 1 aromatic heterocycles. The van der Waals surface area contributed by atoms with Crippen molar-refractivity contribution in [3.8, 4) is 5.88 Å². The lowest BCUT2D eigenvalue weighted by Crippen LogP contribution is -2.11. The van der Waals surface area contributed by atoms with Gasteiger partial charge in [0.25, 0.3) is 0 Å². The summed E-state index contributed by atoms with van der Waals surface area (Å²) in [5.41, 5.74) is 0. The standard InChI is InChI=1S/C11H15NO3S/c1-3-15-9-5-4-6-10(12-9)16-7-8(2)11(13)14/h4-6,8H,3,7H2,1-2H3,(H,13,14). The molecule has 1 aromatic rings. The molecule has 1 unspecified atom stereocenters. The summed E-state index contributed by atoms with van der Waals surface area (Å²) in [6, 6.07) is 5.49. The van der Waals surface area contributed by atoms with E-state index >= 15 is 0 Å². The fraction of sp³-hybridized carbons (Fsp3) is 0.455. The zero-order valence-corrected chi connectivity index (χ0v) is 10.2. The number of hydrogen-bond acceptors (Lipinski definition) is 4. The summed E-state index contributed by atoms with van der Waals surface area (Å²) in [7, 11) is 0. The average Bonchev–Trinajstić information content (AvgIpc) is 2.26. The van der Waals surface area contributed by atoms with Crippen LogP contribution in [0.15, 0.2) is 23.2 Å². The zero-order chi connectivity index (χ0) is 12.0. The van der Waals surface area contributed by atoms with Crippen molar-refractivity contribution in [2.24, 2.45) is 5.92 Å². The second-order valence-electron chi connectivity index (χ2n) is 3.30. The van der Waals surface area contributed by atoms with Crippen LogP contribution in [0.5, 0.6) is 5.88 Å². The number of aliphatic carboxylic acids is 1. The summed E-state index contributed by atoms with van der Waals surface area (Å²) >= 11 is 1.42. The predicted octanol–water partition coefficient (Wildman–Crippen LogP) is 2.29. The van der Waals surface area contributed by atoms with Gasteiger partial charge in [0.05, 0.1) is 12.5 Å². The summed E-state index contributed by atoms with van der Waals surface area (Å²) in [6.45, 7) is 4.16. The minimum atomic E-state index is -0.784. The summed E-state index contributed by atoms with van der Waals surface area (Å²) in [4.78, 5) is 14.9. The number of carboxylic acids is 1. The monoisotopic (exact) mass is 241 g/mol. The van der Waals surface area contributed by atoms with Crippen LogP contribution in [-0.2, 0) is 4.79 Å². The molecule has 0 saturated heterocycles. The topological polar surface area (TPSA) is 59.4 Å². The molecule has 1 rings (SSSR count). The molecular weight excluding hydrogens is 226 g/mol. The van der Waals surface area contributed by atoms with Crippen molar-refractivity contribution < 1.29 is 14.6 Å². The van der Waals surface area contributed by atoms with Crippen LogP contribution in [-0.4, -0.2) is 28.4 Å². The molecule has 0 aliphatic rings. The maximum absolute atomic E-state index is 10.6. The van der Waals surface area contributed by atoms with E-state index in [0.29, 0.717) is 18.2 Å². The number of pyridine rings is 1. The third-order valence-corrected chi connectivity index (χ3v) is 3.08. The number of ether oxygens (including phenoxy) is 1. The van der Waals surface area contributed by atoms with E-state index in [1.54, 1.807) is 13.0 Å². The quantitative estimate of drug-likeness (QED) is 0.774. The highest BCUT2D eigenvalue weighted by atomic mass is 32.2. The number of aromatic nitrogens is 1. The van der Waals surface area contributed by atoms with Crippen LogP contribution in [0.2, 0.25) is 0 Å². The van der Waals surface area contributed by atoms with Crippen LogP contribution in [0.4, 0.5) is 0 Å². The molecule has 0 bridgehead atoms. The van der Waals surface area contributed by atoms with E-state index < -0.39 is 5.97 Å². The maximum Gasteiger partial charge on any atom is 0.307 e. The maximum atomic E-state index is 10.6. The van der Waals surface area contributed by atoms with Gasteiger partial charge < -0.3 is 9.84 Å². The van der Waals surface area contributed by atoms with E-state index in [1.165, 1.54) is 11.8 Å². The number of hydrogen-bond donors (Lipinski definition) is 1. The van der Waals surface area contributed by atoms with Crippen molar-refractivity contribution in [1.29, 1.82) is 0 Å². The number of carbonyl (C=O) groups is 1. The molecule has 0 aliphatic carbocycles. The van der Waals surface area contributed by atoms with Gasteiger partial charge in [-0.2, -0.15) is 0 Å². The van der Waals surface area contributed by atoms with E-state index in [0.717, 1.165) is 5.03 Å². The van der Waals surface area contributed by atoms with Gasteiger partial charge in [0.15, 0.2) is 0 Å². The highest BCUT2D eigenvalue weighted by Crippen LogP contribution is 2.21. The Balaban J connectivity index is 2.53. The van der Waals surface area contributed by atoms with Gasteiger partial charge in [0.1, 0.15) is 5.03 Å². The molecule has 88 valence electrons. The Morgan fingerprint density at radius 2 is 2.38 bits per heavy atom. The second-order valence-corrected chi connectivity index (χ2v) is 4.34. The molecule has 16 heavy (non-hydrogen) atoms. The highest BCUT2D eigenvalue weighted by molar-refractivity contribution is 7.99. The number of carboxylic acid groups (broad SMARTS) is 1. The molecule has 0 aliphatic heterocycles. The van der Waals surface area contributed by atoms with Crippen LogP contribution in [0.1, 0.15) is 13.8 Å². The minimum absolute atomic E-state index is 0.373. The van der Waals surface area contributed by atoms with Gasteiger partial charge in [0.2, 0.25) is 5.88 Å². The molecule has 4 nitrogen and oxygen atoms in total. The molecule has 1 N–H and O–H groups in total. The van der Waals surface area contributed by atoms with Crippen molar-refractivity contribution >= 4 is 17.7 Å².